The number of fused-ring (bicyclic) bond motifs is 1. The smallest absolute Gasteiger partial charge is 0.138 e. The van der Waals surface area contributed by atoms with E-state index in [2.05, 4.69) is 16.7 Å². The van der Waals surface area contributed by atoms with Crippen LogP contribution in [0, 0.1) is 0 Å². The number of para-hydroxylation sites is 2. The van der Waals surface area contributed by atoms with Gasteiger partial charge in [-0.3, -0.25) is 0 Å². The fourth-order valence-corrected chi connectivity index (χ4v) is 3.75. The van der Waals surface area contributed by atoms with Crippen LogP contribution in [0.2, 0.25) is 10.0 Å². The Morgan fingerprint density at radius 3 is 2.47 bits per heavy atom. The van der Waals surface area contributed by atoms with E-state index in [1.54, 1.807) is 18.2 Å². The molecule has 4 nitrogen and oxygen atoms in total. The lowest BCUT2D eigenvalue weighted by molar-refractivity contribution is 0.0928. The second kappa shape index (κ2) is 10.2. The van der Waals surface area contributed by atoms with Crippen LogP contribution < -0.4 is 4.74 Å². The van der Waals surface area contributed by atoms with Gasteiger partial charge in [0, 0.05) is 11.4 Å². The number of halogens is 3. The first-order chi connectivity index (χ1) is 14.1. The summed E-state index contributed by atoms with van der Waals surface area (Å²) < 4.78 is 7.75. The zero-order chi connectivity index (χ0) is 20.2. The van der Waals surface area contributed by atoms with Crippen molar-refractivity contribution >= 4 is 46.6 Å². The molecular formula is C23H21Cl3N2O2. The van der Waals surface area contributed by atoms with Crippen LogP contribution in [0.5, 0.6) is 5.75 Å². The molecule has 1 unspecified atom stereocenters. The van der Waals surface area contributed by atoms with Crippen LogP contribution in [-0.4, -0.2) is 27.4 Å². The molecule has 0 amide bonds. The van der Waals surface area contributed by atoms with Gasteiger partial charge in [-0.05, 0) is 35.9 Å². The molecule has 4 rings (SSSR count). The summed E-state index contributed by atoms with van der Waals surface area (Å²) in [5.41, 5.74) is 3.07. The first-order valence-electron chi connectivity index (χ1n) is 9.34. The fourth-order valence-electron chi connectivity index (χ4n) is 3.28. The minimum Gasteiger partial charge on any atom is -0.489 e. The predicted octanol–water partition coefficient (Wildman–Crippen LogP) is 5.80. The van der Waals surface area contributed by atoms with Gasteiger partial charge in [0.25, 0.3) is 0 Å². The van der Waals surface area contributed by atoms with Gasteiger partial charge in [0.1, 0.15) is 24.3 Å². The maximum atomic E-state index is 10.6. The molecule has 3 aromatic carbocycles. The van der Waals surface area contributed by atoms with Gasteiger partial charge in [-0.1, -0.05) is 65.7 Å². The molecule has 0 radical (unpaired) electrons. The molecule has 0 aliphatic heterocycles. The normalized spacial score (nSPS) is 11.8. The van der Waals surface area contributed by atoms with E-state index in [-0.39, 0.29) is 19.0 Å². The number of rotatable bonds is 7. The molecular weight excluding hydrogens is 443 g/mol. The van der Waals surface area contributed by atoms with Crippen molar-refractivity contribution in [3.63, 3.8) is 0 Å². The number of aliphatic hydroxyl groups excluding tert-OH is 1. The van der Waals surface area contributed by atoms with Gasteiger partial charge in [0.05, 0.1) is 22.6 Å². The number of aliphatic hydroxyl groups is 1. The largest absolute Gasteiger partial charge is 0.489 e. The Kier molecular flexibility index (Phi) is 7.62. The molecule has 0 aliphatic rings. The third-order valence-electron chi connectivity index (χ3n) is 4.66. The first kappa shape index (κ1) is 22.4. The van der Waals surface area contributed by atoms with Crippen LogP contribution >= 0.6 is 35.6 Å². The van der Waals surface area contributed by atoms with Gasteiger partial charge in [0.2, 0.25) is 0 Å². The molecule has 1 atom stereocenters. The zero-order valence-corrected chi connectivity index (χ0v) is 18.4. The van der Waals surface area contributed by atoms with Crippen LogP contribution in [0.3, 0.4) is 0 Å². The molecule has 0 aliphatic carbocycles. The van der Waals surface area contributed by atoms with E-state index in [0.29, 0.717) is 28.8 Å². The number of hydrogen-bond acceptors (Lipinski definition) is 3. The number of nitrogens with zero attached hydrogens (tertiary/aromatic N) is 2. The van der Waals surface area contributed by atoms with Gasteiger partial charge in [-0.15, -0.1) is 12.4 Å². The van der Waals surface area contributed by atoms with Gasteiger partial charge in [-0.25, -0.2) is 4.98 Å². The molecule has 0 saturated heterocycles. The highest BCUT2D eigenvalue weighted by molar-refractivity contribution is 6.35. The molecule has 0 fully saturated rings. The Morgan fingerprint density at radius 2 is 1.70 bits per heavy atom. The van der Waals surface area contributed by atoms with E-state index in [4.69, 9.17) is 32.9 Å². The maximum Gasteiger partial charge on any atom is 0.138 e. The third kappa shape index (κ3) is 5.27. The summed E-state index contributed by atoms with van der Waals surface area (Å²) in [4.78, 5) is 4.78. The van der Waals surface area contributed by atoms with Gasteiger partial charge in [-0.2, -0.15) is 0 Å². The van der Waals surface area contributed by atoms with Crippen LogP contribution in [0.15, 0.2) is 72.8 Å². The van der Waals surface area contributed by atoms with E-state index in [0.717, 1.165) is 16.9 Å². The average Bonchev–Trinajstić information content (AvgIpc) is 3.05. The second-order valence-electron chi connectivity index (χ2n) is 6.83. The van der Waals surface area contributed by atoms with E-state index in [9.17, 15) is 5.11 Å². The minimum atomic E-state index is -0.728. The van der Waals surface area contributed by atoms with Crippen molar-refractivity contribution in [2.75, 3.05) is 6.61 Å². The summed E-state index contributed by atoms with van der Waals surface area (Å²) in [5.74, 6) is 1.40. The second-order valence-corrected chi connectivity index (χ2v) is 7.67. The lowest BCUT2D eigenvalue weighted by atomic mass is 10.1. The highest BCUT2D eigenvalue weighted by atomic mass is 35.5. The van der Waals surface area contributed by atoms with E-state index >= 15 is 0 Å². The minimum absolute atomic E-state index is 0. The highest BCUT2D eigenvalue weighted by Gasteiger charge is 2.15. The molecule has 0 spiro atoms. The Labute approximate surface area is 191 Å². The number of benzene rings is 3. The average molecular weight is 464 g/mol. The summed E-state index contributed by atoms with van der Waals surface area (Å²) in [6.07, 6.45) is -0.0413. The first-order valence-corrected chi connectivity index (χ1v) is 10.1. The fraction of sp³-hybridized carbons (Fsp3) is 0.174. The molecule has 7 heteroatoms. The Balaban J connectivity index is 0.00000256. The van der Waals surface area contributed by atoms with Gasteiger partial charge < -0.3 is 14.4 Å². The van der Waals surface area contributed by atoms with Crippen molar-refractivity contribution in [2.24, 2.45) is 0 Å². The van der Waals surface area contributed by atoms with Crippen molar-refractivity contribution in [3.05, 3.63) is 94.2 Å². The zero-order valence-electron chi connectivity index (χ0n) is 16.0. The summed E-state index contributed by atoms with van der Waals surface area (Å²) in [5, 5.41) is 11.6. The number of aromatic nitrogens is 2. The molecule has 1 heterocycles. The maximum absolute atomic E-state index is 10.6. The third-order valence-corrected chi connectivity index (χ3v) is 5.19. The van der Waals surface area contributed by atoms with Crippen LogP contribution in [0.25, 0.3) is 11.0 Å². The molecule has 4 aromatic rings. The Bertz CT molecular complexity index is 1120. The molecule has 0 bridgehead atoms. The van der Waals surface area contributed by atoms with E-state index in [1.165, 1.54) is 5.56 Å². The SMILES string of the molecule is Cl.OC(COc1ccc(Cl)cc1Cl)Cn1c(Cc2ccccc2)nc2ccccc21. The quantitative estimate of drug-likeness (QED) is 0.377. The van der Waals surface area contributed by atoms with E-state index in [1.807, 2.05) is 42.5 Å². The molecule has 156 valence electrons. The van der Waals surface area contributed by atoms with Crippen molar-refractivity contribution in [2.45, 2.75) is 19.1 Å². The number of hydrogen-bond donors (Lipinski definition) is 1. The van der Waals surface area contributed by atoms with E-state index < -0.39 is 6.10 Å². The number of imidazole rings is 1. The van der Waals surface area contributed by atoms with Gasteiger partial charge in [0.15, 0.2) is 0 Å². The standard InChI is InChI=1S/C23H20Cl2N2O2.ClH/c24-17-10-11-22(19(25)13-17)29-15-18(28)14-27-21-9-5-4-8-20(21)26-23(27)12-16-6-2-1-3-7-16;/h1-11,13,18,28H,12,14-15H2;1H. The Morgan fingerprint density at radius 1 is 0.967 bits per heavy atom. The summed E-state index contributed by atoms with van der Waals surface area (Å²) >= 11 is 12.1. The summed E-state index contributed by atoms with van der Waals surface area (Å²) in [6.45, 7) is 0.479. The summed E-state index contributed by atoms with van der Waals surface area (Å²) in [7, 11) is 0. The highest BCUT2D eigenvalue weighted by Crippen LogP contribution is 2.27. The van der Waals surface area contributed by atoms with Crippen LogP contribution in [0.1, 0.15) is 11.4 Å². The topological polar surface area (TPSA) is 47.3 Å². The molecule has 1 aromatic heterocycles. The van der Waals surface area contributed by atoms with Crippen molar-refractivity contribution in [1.29, 1.82) is 0 Å². The van der Waals surface area contributed by atoms with Crippen LogP contribution in [0.4, 0.5) is 0 Å². The molecule has 30 heavy (non-hydrogen) atoms. The Hall–Kier alpha value is -2.24. The van der Waals surface area contributed by atoms with Crippen molar-refractivity contribution in [3.8, 4) is 5.75 Å². The number of ether oxygens (including phenoxy) is 1. The lowest BCUT2D eigenvalue weighted by Gasteiger charge is -2.16. The monoisotopic (exact) mass is 462 g/mol. The molecule has 1 N–H and O–H groups in total. The predicted molar refractivity (Wildman–Crippen MR) is 124 cm³/mol. The van der Waals surface area contributed by atoms with Gasteiger partial charge >= 0.3 is 0 Å². The molecule has 0 saturated carbocycles. The lowest BCUT2D eigenvalue weighted by Crippen LogP contribution is -2.24. The van der Waals surface area contributed by atoms with Crippen molar-refractivity contribution < 1.29 is 9.84 Å². The summed E-state index contributed by atoms with van der Waals surface area (Å²) in [6, 6.07) is 23.1. The van der Waals surface area contributed by atoms with Crippen LogP contribution in [-0.2, 0) is 13.0 Å². The van der Waals surface area contributed by atoms with Crippen molar-refractivity contribution in [1.82, 2.24) is 9.55 Å².